The van der Waals surface area contributed by atoms with Gasteiger partial charge in [-0.25, -0.2) is 0 Å². The Morgan fingerprint density at radius 3 is 1.32 bits per heavy atom. The summed E-state index contributed by atoms with van der Waals surface area (Å²) in [5.74, 6) is -0.337. The zero-order chi connectivity index (χ0) is 30.1. The van der Waals surface area contributed by atoms with E-state index in [0.29, 0.717) is 5.56 Å². The van der Waals surface area contributed by atoms with Crippen LogP contribution in [-0.4, -0.2) is 11.4 Å². The van der Waals surface area contributed by atoms with E-state index >= 15 is 4.79 Å². The monoisotopic (exact) mass is 590 g/mol. The van der Waals surface area contributed by atoms with E-state index in [9.17, 15) is 0 Å². The zero-order valence-electron chi connectivity index (χ0n) is 24.7. The minimum absolute atomic E-state index is 0.0284. The Kier molecular flexibility index (Phi) is 7.13. The Labute approximate surface area is 260 Å². The summed E-state index contributed by atoms with van der Waals surface area (Å²) in [7, 11) is 0. The van der Waals surface area contributed by atoms with Crippen molar-refractivity contribution in [3.05, 3.63) is 199 Å². The van der Waals surface area contributed by atoms with Gasteiger partial charge >= 0.3 is 261 Å². The first kappa shape index (κ1) is 28.2. The summed E-state index contributed by atoms with van der Waals surface area (Å²) >= 11 is 0. The fourth-order valence-corrected chi connectivity index (χ4v) is 14.7. The van der Waals surface area contributed by atoms with Crippen molar-refractivity contribution in [2.45, 2.75) is 24.1 Å². The van der Waals surface area contributed by atoms with E-state index in [1.165, 1.54) is 0 Å². The molecule has 7 rings (SSSR count). The molecule has 0 radical (unpaired) electrons. The molecule has 0 aromatic heterocycles. The average Bonchev–Trinajstić information content (AvgIpc) is 3.38. The Bertz CT molecular complexity index is 1760. The third-order valence-corrected chi connectivity index (χ3v) is 16.1. The number of carbonyl (C=O) groups is 1. The second kappa shape index (κ2) is 11.1. The summed E-state index contributed by atoms with van der Waals surface area (Å²) in [6, 6.07) is 62.4. The molecular formula is C41H35O2P. The van der Waals surface area contributed by atoms with Gasteiger partial charge < -0.3 is 0 Å². The van der Waals surface area contributed by atoms with Gasteiger partial charge in [0.15, 0.2) is 0 Å². The molecule has 3 heteroatoms. The van der Waals surface area contributed by atoms with E-state index < -0.39 is 12.4 Å². The summed E-state index contributed by atoms with van der Waals surface area (Å²) in [6.45, 7) is -1.61. The molecule has 216 valence electrons. The van der Waals surface area contributed by atoms with Gasteiger partial charge in [0, 0.05) is 0 Å². The number of benzene rings is 6. The van der Waals surface area contributed by atoms with Crippen LogP contribution in [0.3, 0.4) is 0 Å². The zero-order valence-corrected chi connectivity index (χ0v) is 25.6. The topological polar surface area (TPSA) is 26.3 Å². The van der Waals surface area contributed by atoms with Gasteiger partial charge in [0.05, 0.1) is 0 Å². The summed E-state index contributed by atoms with van der Waals surface area (Å²) < 4.78 is 8.25. The molecule has 0 spiro atoms. The molecule has 3 atom stereocenters. The fraction of sp³-hybridized carbons (Fsp3) is 0.0976. The second-order valence-electron chi connectivity index (χ2n) is 11.6. The van der Waals surface area contributed by atoms with Crippen molar-refractivity contribution in [1.29, 1.82) is 0 Å². The number of hydrogen-bond donors (Lipinski definition) is 0. The maximum absolute atomic E-state index is 15.5. The molecule has 0 amide bonds. The van der Waals surface area contributed by atoms with Crippen molar-refractivity contribution in [2.75, 3.05) is 0 Å². The predicted octanol–water partition coefficient (Wildman–Crippen LogP) is 8.41. The van der Waals surface area contributed by atoms with E-state index in [1.54, 1.807) is 0 Å². The molecule has 2 nitrogen and oxygen atoms in total. The molecule has 6 aromatic rings. The molecule has 1 heterocycles. The van der Waals surface area contributed by atoms with Crippen LogP contribution in [0.25, 0.3) is 0 Å². The molecule has 1 aliphatic rings. The van der Waals surface area contributed by atoms with Crippen LogP contribution in [0.2, 0.25) is 0 Å². The van der Waals surface area contributed by atoms with Crippen molar-refractivity contribution in [2.24, 2.45) is 0 Å². The van der Waals surface area contributed by atoms with Crippen LogP contribution in [0, 0.1) is 0 Å². The Hall–Kier alpha value is -4.62. The quantitative estimate of drug-likeness (QED) is 0.138. The van der Waals surface area contributed by atoms with Gasteiger partial charge in [0.1, 0.15) is 0 Å². The van der Waals surface area contributed by atoms with Crippen LogP contribution in [0.1, 0.15) is 34.3 Å². The van der Waals surface area contributed by atoms with E-state index in [0.717, 1.165) is 27.0 Å². The molecule has 1 fully saturated rings. The average molecular weight is 591 g/mol. The van der Waals surface area contributed by atoms with Crippen molar-refractivity contribution < 1.29 is 9.32 Å². The first-order chi connectivity index (χ1) is 21.6. The van der Waals surface area contributed by atoms with Gasteiger partial charge in [-0.15, -0.1) is 0 Å². The third kappa shape index (κ3) is 3.92. The molecule has 0 N–H and O–H groups in total. The van der Waals surface area contributed by atoms with E-state index in [2.05, 4.69) is 134 Å². The van der Waals surface area contributed by atoms with E-state index in [1.807, 2.05) is 54.6 Å². The van der Waals surface area contributed by atoms with Gasteiger partial charge in [0.2, 0.25) is 0 Å². The fourth-order valence-electron chi connectivity index (χ4n) is 7.76. The predicted molar refractivity (Wildman–Crippen MR) is 184 cm³/mol. The number of rotatable bonds is 7. The van der Waals surface area contributed by atoms with Gasteiger partial charge in [-0.2, -0.15) is 0 Å². The molecule has 0 bridgehead atoms. The minimum atomic E-state index is -3.94. The van der Waals surface area contributed by atoms with Crippen molar-refractivity contribution in [1.82, 2.24) is 0 Å². The molecule has 44 heavy (non-hydrogen) atoms. The van der Waals surface area contributed by atoms with Crippen LogP contribution in [-0.2, 0) is 10.1 Å². The number of carbonyl (C=O) groups excluding carboxylic acids is 1. The first-order valence-electron chi connectivity index (χ1n) is 15.2. The number of hydrogen-bond acceptors (Lipinski definition) is 2. The normalized spacial score (nSPS) is 22.8. The second-order valence-corrected chi connectivity index (χ2v) is 16.4. The summed E-state index contributed by atoms with van der Waals surface area (Å²) in [5.41, 5.74) is 1.13. The van der Waals surface area contributed by atoms with Crippen LogP contribution in [0.5, 0.6) is 0 Å². The number of Topliss-reactive ketones (excluding diaryl/α,β-unsaturated/α-hetero) is 1. The van der Waals surface area contributed by atoms with Gasteiger partial charge in [-0.1, -0.05) is 0 Å². The van der Waals surface area contributed by atoms with Crippen LogP contribution in [0.4, 0.5) is 0 Å². The van der Waals surface area contributed by atoms with Crippen molar-refractivity contribution in [3.8, 4) is 0 Å². The summed E-state index contributed by atoms with van der Waals surface area (Å²) in [6.07, 6.45) is 0. The molecule has 0 aliphatic carbocycles. The Morgan fingerprint density at radius 1 is 0.523 bits per heavy atom. The third-order valence-electron chi connectivity index (χ3n) is 9.57. The number of ketones is 1. The molecule has 0 saturated carbocycles. The van der Waals surface area contributed by atoms with Crippen LogP contribution >= 0.6 is 6.83 Å². The Balaban J connectivity index is 1.71. The maximum atomic E-state index is 15.5. The SMILES string of the molecule is CC1C(c2ccccc2)C(C(=O)c2ccccc2)(c2ccccc2)OP1(c1ccccc1)(c1ccccc1)c1ccccc1. The standard InChI is InChI=1S/C41H35O2P/c1-32-39(33-20-8-2-9-21-33)41(35-24-12-4-13-25-35,40(42)34-22-10-3-11-23-34)43-44(32,36-26-14-5-15-27-36,37-28-16-6-17-29-37)38-30-18-7-19-31-38/h2-32,39H,1H3. The van der Waals surface area contributed by atoms with E-state index in [-0.39, 0.29) is 17.4 Å². The van der Waals surface area contributed by atoms with E-state index in [4.69, 9.17) is 4.52 Å². The van der Waals surface area contributed by atoms with Crippen LogP contribution < -0.4 is 15.9 Å². The molecule has 3 unspecified atom stereocenters. The summed E-state index contributed by atoms with van der Waals surface area (Å²) in [5, 5.41) is 3.34. The first-order valence-corrected chi connectivity index (χ1v) is 17.4. The van der Waals surface area contributed by atoms with Gasteiger partial charge in [-0.05, 0) is 0 Å². The molecular weight excluding hydrogens is 555 g/mol. The van der Waals surface area contributed by atoms with Gasteiger partial charge in [0.25, 0.3) is 0 Å². The molecule has 6 aromatic carbocycles. The van der Waals surface area contributed by atoms with Crippen molar-refractivity contribution >= 4 is 28.5 Å². The van der Waals surface area contributed by atoms with Gasteiger partial charge in [-0.3, -0.25) is 0 Å². The van der Waals surface area contributed by atoms with Crippen LogP contribution in [0.15, 0.2) is 182 Å². The molecule has 1 saturated heterocycles. The molecule has 1 aliphatic heterocycles. The Morgan fingerprint density at radius 2 is 0.886 bits per heavy atom. The van der Waals surface area contributed by atoms with Crippen molar-refractivity contribution in [3.63, 3.8) is 0 Å². The summed E-state index contributed by atoms with van der Waals surface area (Å²) in [4.78, 5) is 15.5.